The van der Waals surface area contributed by atoms with Gasteiger partial charge < -0.3 is 10.0 Å². The zero-order valence-corrected chi connectivity index (χ0v) is 7.84. The Balaban J connectivity index is 2.30. The summed E-state index contributed by atoms with van der Waals surface area (Å²) in [5.74, 6) is -3.87. The van der Waals surface area contributed by atoms with Crippen LogP contribution in [0.15, 0.2) is 0 Å². The molecule has 3 rings (SSSR count). The predicted octanol–water partition coefficient (Wildman–Crippen LogP) is 0.716. The van der Waals surface area contributed by atoms with Gasteiger partial charge in [0.05, 0.1) is 6.54 Å². The number of rotatable bonds is 1. The maximum atomic E-state index is 13.5. The van der Waals surface area contributed by atoms with Crippen LogP contribution in [0.4, 0.5) is 17.6 Å². The Hall–Kier alpha value is -1.34. The fourth-order valence-electron chi connectivity index (χ4n) is 2.42. The van der Waals surface area contributed by atoms with E-state index >= 15 is 0 Å². The number of hydrogen-bond donors (Lipinski definition) is 1. The van der Waals surface area contributed by atoms with Gasteiger partial charge in [-0.25, -0.2) is 9.18 Å². The first-order chi connectivity index (χ1) is 7.11. The van der Waals surface area contributed by atoms with E-state index in [4.69, 9.17) is 5.11 Å². The van der Waals surface area contributed by atoms with Crippen molar-refractivity contribution in [3.8, 4) is 0 Å². The van der Waals surface area contributed by atoms with Crippen molar-refractivity contribution in [2.24, 2.45) is 0 Å². The molecule has 16 heavy (non-hydrogen) atoms. The number of amides is 1. The highest BCUT2D eigenvalue weighted by Gasteiger charge is 2.73. The predicted molar refractivity (Wildman–Crippen MR) is 41.2 cm³/mol. The van der Waals surface area contributed by atoms with Crippen LogP contribution in [0.2, 0.25) is 0 Å². The number of carbonyl (C=O) groups excluding carboxylic acids is 1. The van der Waals surface area contributed by atoms with Gasteiger partial charge in [0.25, 0.3) is 0 Å². The lowest BCUT2D eigenvalue weighted by Gasteiger charge is -2.39. The van der Waals surface area contributed by atoms with Gasteiger partial charge in [0, 0.05) is 12.8 Å². The number of nitrogens with zero attached hydrogens (tertiary/aromatic N) is 1. The summed E-state index contributed by atoms with van der Waals surface area (Å²) in [6.45, 7) is -0.794. The average Bonchev–Trinajstić information content (AvgIpc) is 2.50. The van der Waals surface area contributed by atoms with Gasteiger partial charge in [-0.1, -0.05) is 0 Å². The molecular formula is C8H7F4NO3. The minimum Gasteiger partial charge on any atom is -0.479 e. The van der Waals surface area contributed by atoms with E-state index in [2.05, 4.69) is 0 Å². The van der Waals surface area contributed by atoms with E-state index in [9.17, 15) is 27.2 Å². The molecule has 90 valence electrons. The summed E-state index contributed by atoms with van der Waals surface area (Å²) in [4.78, 5) is 21.8. The molecule has 0 radical (unpaired) electrons. The van der Waals surface area contributed by atoms with Crippen molar-refractivity contribution < 1.29 is 32.3 Å². The average molecular weight is 241 g/mol. The first-order valence-electron chi connectivity index (χ1n) is 4.42. The summed E-state index contributed by atoms with van der Waals surface area (Å²) < 4.78 is 49.9. The fourth-order valence-corrected chi connectivity index (χ4v) is 2.42. The molecule has 1 amide bonds. The van der Waals surface area contributed by atoms with Crippen molar-refractivity contribution in [3.05, 3.63) is 0 Å². The summed E-state index contributed by atoms with van der Waals surface area (Å²) >= 11 is 0. The second kappa shape index (κ2) is 2.67. The van der Waals surface area contributed by atoms with Crippen LogP contribution in [0.1, 0.15) is 12.8 Å². The molecule has 1 N–H and O–H groups in total. The quantitative estimate of drug-likeness (QED) is 0.688. The summed E-state index contributed by atoms with van der Waals surface area (Å²) in [6, 6.07) is 0. The Bertz CT molecular complexity index is 372. The van der Waals surface area contributed by atoms with Crippen LogP contribution in [0.5, 0.6) is 0 Å². The van der Waals surface area contributed by atoms with Crippen LogP contribution in [0, 0.1) is 0 Å². The van der Waals surface area contributed by atoms with Crippen molar-refractivity contribution in [1.29, 1.82) is 0 Å². The number of fused-ring (bicyclic) bond motifs is 1. The van der Waals surface area contributed by atoms with E-state index in [1.54, 1.807) is 0 Å². The maximum Gasteiger partial charge on any atom is 0.471 e. The van der Waals surface area contributed by atoms with Crippen molar-refractivity contribution in [3.63, 3.8) is 0 Å². The molecule has 3 fully saturated rings. The van der Waals surface area contributed by atoms with Crippen molar-refractivity contribution in [1.82, 2.24) is 4.90 Å². The van der Waals surface area contributed by atoms with Gasteiger partial charge in [-0.2, -0.15) is 13.2 Å². The van der Waals surface area contributed by atoms with E-state index in [0.29, 0.717) is 0 Å². The van der Waals surface area contributed by atoms with Crippen LogP contribution in [0.25, 0.3) is 0 Å². The topological polar surface area (TPSA) is 57.6 Å². The number of carboxylic acid groups (broad SMARTS) is 1. The van der Waals surface area contributed by atoms with Crippen LogP contribution < -0.4 is 0 Å². The molecule has 4 nitrogen and oxygen atoms in total. The molecule has 0 aromatic carbocycles. The third kappa shape index (κ3) is 1.21. The van der Waals surface area contributed by atoms with Gasteiger partial charge in [0.1, 0.15) is 11.2 Å². The zero-order valence-electron chi connectivity index (χ0n) is 7.84. The second-order valence-corrected chi connectivity index (χ2v) is 4.23. The third-order valence-electron chi connectivity index (χ3n) is 3.06. The van der Waals surface area contributed by atoms with Crippen LogP contribution >= 0.6 is 0 Å². The van der Waals surface area contributed by atoms with Crippen molar-refractivity contribution in [2.45, 2.75) is 30.2 Å². The largest absolute Gasteiger partial charge is 0.479 e. The highest BCUT2D eigenvalue weighted by atomic mass is 19.4. The van der Waals surface area contributed by atoms with E-state index in [0.717, 1.165) is 0 Å². The molecule has 2 heterocycles. The maximum absolute atomic E-state index is 13.5. The van der Waals surface area contributed by atoms with Gasteiger partial charge >= 0.3 is 18.1 Å². The molecule has 0 aromatic rings. The standard InChI is InChI=1S/C8H7F4NO3/c9-6-1-7(2-6,5(15)16)13(3-6)4(14)8(10,11)12/h1-3H2,(H,15,16). The zero-order chi connectivity index (χ0) is 12.4. The molecule has 1 saturated carbocycles. The molecule has 2 saturated heterocycles. The van der Waals surface area contributed by atoms with Crippen molar-refractivity contribution >= 4 is 11.9 Å². The smallest absolute Gasteiger partial charge is 0.471 e. The molecule has 8 heteroatoms. The van der Waals surface area contributed by atoms with Gasteiger partial charge in [0.15, 0.2) is 0 Å². The van der Waals surface area contributed by atoms with Gasteiger partial charge in [0.2, 0.25) is 0 Å². The van der Waals surface area contributed by atoms with Gasteiger partial charge in [-0.15, -0.1) is 0 Å². The molecule has 0 atom stereocenters. The summed E-state index contributed by atoms with van der Waals surface area (Å²) in [6.07, 6.45) is -6.29. The fraction of sp³-hybridized carbons (Fsp3) is 0.750. The van der Waals surface area contributed by atoms with E-state index in [1.807, 2.05) is 0 Å². The van der Waals surface area contributed by atoms with Crippen LogP contribution in [-0.4, -0.2) is 45.8 Å². The molecule has 0 aromatic heterocycles. The molecule has 1 aliphatic carbocycles. The molecule has 0 unspecified atom stereocenters. The normalized spacial score (nSPS) is 37.1. The van der Waals surface area contributed by atoms with E-state index in [1.165, 1.54) is 0 Å². The number of aliphatic carboxylic acids is 1. The number of alkyl halides is 4. The lowest BCUT2D eigenvalue weighted by atomic mass is 9.71. The molecule has 2 bridgehead atoms. The molecule has 0 spiro atoms. The van der Waals surface area contributed by atoms with Crippen LogP contribution in [0.3, 0.4) is 0 Å². The Morgan fingerprint density at radius 2 is 1.75 bits per heavy atom. The van der Waals surface area contributed by atoms with E-state index < -0.39 is 48.6 Å². The third-order valence-corrected chi connectivity index (χ3v) is 3.06. The van der Waals surface area contributed by atoms with Gasteiger partial charge in [-0.3, -0.25) is 4.79 Å². The molecule has 2 aliphatic heterocycles. The highest BCUT2D eigenvalue weighted by Crippen LogP contribution is 2.56. The monoisotopic (exact) mass is 241 g/mol. The van der Waals surface area contributed by atoms with Gasteiger partial charge in [-0.05, 0) is 0 Å². The first-order valence-corrected chi connectivity index (χ1v) is 4.42. The minimum absolute atomic E-state index is 0.0926. The summed E-state index contributed by atoms with van der Waals surface area (Å²) in [5.41, 5.74) is -3.97. The number of carbonyl (C=O) groups is 2. The Labute approximate surface area is 86.8 Å². The lowest BCUT2D eigenvalue weighted by Crippen LogP contribution is -2.59. The second-order valence-electron chi connectivity index (χ2n) is 4.23. The number of hydrogen-bond acceptors (Lipinski definition) is 2. The number of carboxylic acids is 1. The Morgan fingerprint density at radius 1 is 1.25 bits per heavy atom. The van der Waals surface area contributed by atoms with E-state index in [-0.39, 0.29) is 4.90 Å². The first kappa shape index (κ1) is 11.2. The molecular weight excluding hydrogens is 234 g/mol. The highest BCUT2D eigenvalue weighted by molar-refractivity contribution is 5.92. The summed E-state index contributed by atoms with van der Waals surface area (Å²) in [5, 5.41) is 8.78. The molecule has 3 aliphatic rings. The van der Waals surface area contributed by atoms with Crippen molar-refractivity contribution in [2.75, 3.05) is 6.54 Å². The Morgan fingerprint density at radius 3 is 2.12 bits per heavy atom. The lowest BCUT2D eigenvalue weighted by molar-refractivity contribution is -0.192. The summed E-state index contributed by atoms with van der Waals surface area (Å²) in [7, 11) is 0. The number of halogens is 4. The SMILES string of the molecule is O=C(N1CC2(F)CC1(C(=O)O)C2)C(F)(F)F. The minimum atomic E-state index is -5.17. The Kier molecular flexibility index (Phi) is 1.86. The van der Waals surface area contributed by atoms with Crippen LogP contribution in [-0.2, 0) is 9.59 Å².